The van der Waals surface area contributed by atoms with Crippen LogP contribution in [0.5, 0.6) is 0 Å². The van der Waals surface area contributed by atoms with Crippen molar-refractivity contribution in [2.24, 2.45) is 0 Å². The van der Waals surface area contributed by atoms with Crippen molar-refractivity contribution in [2.75, 3.05) is 5.32 Å². The van der Waals surface area contributed by atoms with Crippen LogP contribution in [0.3, 0.4) is 0 Å². The summed E-state index contributed by atoms with van der Waals surface area (Å²) in [6.45, 7) is 4.01. The van der Waals surface area contributed by atoms with E-state index in [-0.39, 0.29) is 12.3 Å². The van der Waals surface area contributed by atoms with Crippen LogP contribution in [0.4, 0.5) is 5.69 Å². The van der Waals surface area contributed by atoms with Crippen LogP contribution in [-0.4, -0.2) is 15.3 Å². The second-order valence-corrected chi connectivity index (χ2v) is 5.25. The molecule has 0 aliphatic heterocycles. The summed E-state index contributed by atoms with van der Waals surface area (Å²) in [5, 5.41) is 2.90. The van der Waals surface area contributed by atoms with Crippen LogP contribution in [0.15, 0.2) is 48.8 Å². The molecule has 3 rings (SSSR count). The van der Waals surface area contributed by atoms with Crippen molar-refractivity contribution >= 4 is 17.2 Å². The smallest absolute Gasteiger partial charge is 0.230 e. The van der Waals surface area contributed by atoms with Gasteiger partial charge < -0.3 is 9.72 Å². The SMILES string of the molecule is Cc1cccc(NC(=O)Cc2cn3cccc(C)c3n2)c1. The van der Waals surface area contributed by atoms with Crippen molar-refractivity contribution in [1.82, 2.24) is 9.38 Å². The van der Waals surface area contributed by atoms with Gasteiger partial charge in [0.25, 0.3) is 0 Å². The third kappa shape index (κ3) is 2.94. The van der Waals surface area contributed by atoms with E-state index in [1.807, 2.05) is 67.0 Å². The molecular weight excluding hydrogens is 262 g/mol. The number of carbonyl (C=O) groups excluding carboxylic acids is 1. The highest BCUT2D eigenvalue weighted by molar-refractivity contribution is 5.92. The molecule has 2 heterocycles. The number of pyridine rings is 1. The summed E-state index contributed by atoms with van der Waals surface area (Å²) in [7, 11) is 0. The molecule has 0 saturated carbocycles. The fraction of sp³-hybridized carbons (Fsp3) is 0.176. The first-order valence-corrected chi connectivity index (χ1v) is 6.91. The number of fused-ring (bicyclic) bond motifs is 1. The molecule has 4 heteroatoms. The molecule has 0 aliphatic carbocycles. The van der Waals surface area contributed by atoms with Gasteiger partial charge in [0.15, 0.2) is 0 Å². The maximum absolute atomic E-state index is 12.1. The number of hydrogen-bond acceptors (Lipinski definition) is 2. The van der Waals surface area contributed by atoms with Gasteiger partial charge in [-0.1, -0.05) is 18.2 Å². The summed E-state index contributed by atoms with van der Waals surface area (Å²) in [6.07, 6.45) is 4.12. The van der Waals surface area contributed by atoms with Gasteiger partial charge in [-0.2, -0.15) is 0 Å². The topological polar surface area (TPSA) is 46.4 Å². The van der Waals surface area contributed by atoms with Crippen molar-refractivity contribution in [2.45, 2.75) is 20.3 Å². The van der Waals surface area contributed by atoms with Crippen LogP contribution in [0.1, 0.15) is 16.8 Å². The number of nitrogens with zero attached hydrogens (tertiary/aromatic N) is 2. The number of amides is 1. The molecule has 0 atom stereocenters. The molecule has 0 fully saturated rings. The Labute approximate surface area is 123 Å². The van der Waals surface area contributed by atoms with Crippen molar-refractivity contribution in [1.29, 1.82) is 0 Å². The summed E-state index contributed by atoms with van der Waals surface area (Å²) in [6, 6.07) is 11.8. The van der Waals surface area contributed by atoms with Gasteiger partial charge in [-0.25, -0.2) is 4.98 Å². The second kappa shape index (κ2) is 5.40. The Morgan fingerprint density at radius 1 is 1.24 bits per heavy atom. The molecule has 0 spiro atoms. The van der Waals surface area contributed by atoms with Crippen LogP contribution >= 0.6 is 0 Å². The predicted octanol–water partition coefficient (Wildman–Crippen LogP) is 3.13. The van der Waals surface area contributed by atoms with Crippen molar-refractivity contribution in [3.8, 4) is 0 Å². The number of benzene rings is 1. The largest absolute Gasteiger partial charge is 0.326 e. The second-order valence-electron chi connectivity index (χ2n) is 5.25. The number of hydrogen-bond donors (Lipinski definition) is 1. The molecule has 106 valence electrons. The molecule has 0 unspecified atom stereocenters. The van der Waals surface area contributed by atoms with Crippen LogP contribution in [0.25, 0.3) is 5.65 Å². The number of carbonyl (C=O) groups is 1. The number of aromatic nitrogens is 2. The van der Waals surface area contributed by atoms with E-state index in [1.165, 1.54) is 0 Å². The number of aryl methyl sites for hydroxylation is 2. The summed E-state index contributed by atoms with van der Waals surface area (Å²) >= 11 is 0. The van der Waals surface area contributed by atoms with Gasteiger partial charge in [0, 0.05) is 18.1 Å². The Bertz CT molecular complexity index is 805. The molecule has 2 aromatic heterocycles. The fourth-order valence-electron chi connectivity index (χ4n) is 2.38. The average molecular weight is 279 g/mol. The van der Waals surface area contributed by atoms with E-state index in [2.05, 4.69) is 10.3 Å². The first kappa shape index (κ1) is 13.4. The van der Waals surface area contributed by atoms with E-state index >= 15 is 0 Å². The molecule has 1 amide bonds. The number of imidazole rings is 1. The highest BCUT2D eigenvalue weighted by Crippen LogP contribution is 2.12. The molecule has 4 nitrogen and oxygen atoms in total. The van der Waals surface area contributed by atoms with Gasteiger partial charge in [0.1, 0.15) is 5.65 Å². The van der Waals surface area contributed by atoms with E-state index in [4.69, 9.17) is 0 Å². The Morgan fingerprint density at radius 3 is 2.86 bits per heavy atom. The first-order valence-electron chi connectivity index (χ1n) is 6.91. The average Bonchev–Trinajstić information content (AvgIpc) is 2.82. The van der Waals surface area contributed by atoms with Crippen LogP contribution in [-0.2, 0) is 11.2 Å². The minimum Gasteiger partial charge on any atom is -0.326 e. The lowest BCUT2D eigenvalue weighted by Crippen LogP contribution is -2.14. The Morgan fingerprint density at radius 2 is 2.10 bits per heavy atom. The van der Waals surface area contributed by atoms with Gasteiger partial charge in [-0.15, -0.1) is 0 Å². The lowest BCUT2D eigenvalue weighted by atomic mass is 10.2. The maximum atomic E-state index is 12.1. The Balaban J connectivity index is 1.75. The monoisotopic (exact) mass is 279 g/mol. The normalized spacial score (nSPS) is 10.8. The maximum Gasteiger partial charge on any atom is 0.230 e. The van der Waals surface area contributed by atoms with Gasteiger partial charge in [-0.3, -0.25) is 4.79 Å². The van der Waals surface area contributed by atoms with Crippen LogP contribution in [0, 0.1) is 13.8 Å². The molecule has 3 aromatic rings. The highest BCUT2D eigenvalue weighted by atomic mass is 16.1. The van der Waals surface area contributed by atoms with Crippen molar-refractivity contribution < 1.29 is 4.79 Å². The van der Waals surface area contributed by atoms with Crippen molar-refractivity contribution in [3.05, 3.63) is 65.6 Å². The zero-order valence-electron chi connectivity index (χ0n) is 12.1. The highest BCUT2D eigenvalue weighted by Gasteiger charge is 2.09. The quantitative estimate of drug-likeness (QED) is 0.800. The van der Waals surface area contributed by atoms with E-state index in [1.54, 1.807) is 0 Å². The Hall–Kier alpha value is -2.62. The molecule has 0 radical (unpaired) electrons. The van der Waals surface area contributed by atoms with Crippen molar-refractivity contribution in [3.63, 3.8) is 0 Å². The lowest BCUT2D eigenvalue weighted by Gasteiger charge is -2.04. The van der Waals surface area contributed by atoms with Gasteiger partial charge in [-0.05, 0) is 43.2 Å². The zero-order chi connectivity index (χ0) is 14.8. The number of anilines is 1. The third-order valence-electron chi connectivity index (χ3n) is 3.37. The van der Waals surface area contributed by atoms with Gasteiger partial charge in [0.2, 0.25) is 5.91 Å². The summed E-state index contributed by atoms with van der Waals surface area (Å²) < 4.78 is 1.95. The van der Waals surface area contributed by atoms with Crippen LogP contribution in [0.2, 0.25) is 0 Å². The molecule has 0 bridgehead atoms. The molecular formula is C17H17N3O. The standard InChI is InChI=1S/C17H17N3O/c1-12-5-3-7-14(9-12)18-16(21)10-15-11-20-8-4-6-13(2)17(20)19-15/h3-9,11H,10H2,1-2H3,(H,18,21). The van der Waals surface area contributed by atoms with E-state index < -0.39 is 0 Å². The minimum atomic E-state index is -0.0540. The minimum absolute atomic E-state index is 0.0540. The predicted molar refractivity (Wildman–Crippen MR) is 83.4 cm³/mol. The summed E-state index contributed by atoms with van der Waals surface area (Å²) in [5.41, 5.74) is 4.71. The van der Waals surface area contributed by atoms with Gasteiger partial charge >= 0.3 is 0 Å². The molecule has 21 heavy (non-hydrogen) atoms. The fourth-order valence-corrected chi connectivity index (χ4v) is 2.38. The molecule has 1 aromatic carbocycles. The molecule has 0 saturated heterocycles. The van der Waals surface area contributed by atoms with E-state index in [0.717, 1.165) is 28.2 Å². The zero-order valence-corrected chi connectivity index (χ0v) is 12.1. The number of nitrogens with one attached hydrogen (secondary N) is 1. The van der Waals surface area contributed by atoms with Gasteiger partial charge in [0.05, 0.1) is 12.1 Å². The third-order valence-corrected chi connectivity index (χ3v) is 3.37. The van der Waals surface area contributed by atoms with E-state index in [9.17, 15) is 4.79 Å². The lowest BCUT2D eigenvalue weighted by molar-refractivity contribution is -0.115. The molecule has 1 N–H and O–H groups in total. The summed E-state index contributed by atoms with van der Waals surface area (Å²) in [5.74, 6) is -0.0540. The number of rotatable bonds is 3. The Kier molecular flexibility index (Phi) is 3.44. The summed E-state index contributed by atoms with van der Waals surface area (Å²) in [4.78, 5) is 16.6. The van der Waals surface area contributed by atoms with Crippen LogP contribution < -0.4 is 5.32 Å². The van der Waals surface area contributed by atoms with E-state index in [0.29, 0.717) is 0 Å². The first-order chi connectivity index (χ1) is 10.1. The molecule has 0 aliphatic rings.